The molecule has 0 unspecified atom stereocenters. The summed E-state index contributed by atoms with van der Waals surface area (Å²) in [6.07, 6.45) is -0.803. The van der Waals surface area contributed by atoms with E-state index in [9.17, 15) is 9.59 Å². The van der Waals surface area contributed by atoms with Crippen LogP contribution in [0.4, 0.5) is 0 Å². The second kappa shape index (κ2) is 5.75. The van der Waals surface area contributed by atoms with Crippen LogP contribution in [0.3, 0.4) is 0 Å². The average molecular weight is 340 g/mol. The normalized spacial score (nSPS) is 20.2. The number of carbonyl (C=O) groups is 2. The second-order valence-electron chi connectivity index (χ2n) is 4.46. The molecule has 116 valence electrons. The number of nitrogens with one attached hydrogen (secondary N) is 1. The summed E-state index contributed by atoms with van der Waals surface area (Å²) in [5.41, 5.74) is 3.68. The van der Waals surface area contributed by atoms with Crippen molar-refractivity contribution in [2.75, 3.05) is 20.0 Å². The Morgan fingerprint density at radius 3 is 2.73 bits per heavy atom. The number of ether oxygens (including phenoxy) is 3. The van der Waals surface area contributed by atoms with E-state index in [4.69, 9.17) is 26.4 Å². The first-order valence-corrected chi connectivity index (χ1v) is 7.68. The molecule has 0 saturated carbocycles. The quantitative estimate of drug-likeness (QED) is 0.648. The molecule has 1 fully saturated rings. The van der Waals surface area contributed by atoms with Gasteiger partial charge in [-0.3, -0.25) is 4.79 Å². The fraction of sp³-hybridized carbons (Fsp3) is 0.308. The standard InChI is InChI=1S/C13H12N2O5S2/c1-18-7-4-3-6-9(10(7)19-2)12(17)20-11(6)14-15-8(16)5-22-13(15)21/h3-4,11,14H,5H2,1-2H3/t11-/m0/s1. The predicted molar refractivity (Wildman–Crippen MR) is 82.7 cm³/mol. The fourth-order valence-corrected chi connectivity index (χ4v) is 3.28. The van der Waals surface area contributed by atoms with Gasteiger partial charge in [0, 0.05) is 5.56 Å². The van der Waals surface area contributed by atoms with Gasteiger partial charge in [-0.1, -0.05) is 24.0 Å². The van der Waals surface area contributed by atoms with Crippen LogP contribution in [0.1, 0.15) is 22.1 Å². The molecule has 1 aromatic rings. The van der Waals surface area contributed by atoms with Gasteiger partial charge in [0.05, 0.1) is 20.0 Å². The van der Waals surface area contributed by atoms with Crippen LogP contribution in [0, 0.1) is 0 Å². The van der Waals surface area contributed by atoms with Crippen LogP contribution in [0.15, 0.2) is 12.1 Å². The number of hydrogen-bond donors (Lipinski definition) is 1. The molecular weight excluding hydrogens is 328 g/mol. The Kier molecular flexibility index (Phi) is 3.94. The van der Waals surface area contributed by atoms with Crippen molar-refractivity contribution < 1.29 is 23.8 Å². The first kappa shape index (κ1) is 15.1. The second-order valence-corrected chi connectivity index (χ2v) is 6.07. The van der Waals surface area contributed by atoms with Gasteiger partial charge in [-0.25, -0.2) is 9.80 Å². The molecule has 2 aliphatic heterocycles. The Labute approximate surface area is 135 Å². The summed E-state index contributed by atoms with van der Waals surface area (Å²) in [7, 11) is 2.93. The number of hydrazine groups is 1. The zero-order valence-corrected chi connectivity index (χ0v) is 13.4. The Hall–Kier alpha value is -1.84. The van der Waals surface area contributed by atoms with Crippen molar-refractivity contribution in [2.45, 2.75) is 6.23 Å². The Morgan fingerprint density at radius 1 is 1.36 bits per heavy atom. The first-order chi connectivity index (χ1) is 10.6. The third-order valence-corrected chi connectivity index (χ3v) is 4.64. The molecule has 1 saturated heterocycles. The lowest BCUT2D eigenvalue weighted by molar-refractivity contribution is -0.128. The maximum atomic E-state index is 12.1. The number of esters is 1. The number of thioether (sulfide) groups is 1. The molecule has 22 heavy (non-hydrogen) atoms. The van der Waals surface area contributed by atoms with Crippen LogP contribution in [-0.2, 0) is 9.53 Å². The third-order valence-electron chi connectivity index (χ3n) is 3.29. The lowest BCUT2D eigenvalue weighted by Crippen LogP contribution is -2.43. The van der Waals surface area contributed by atoms with Crippen LogP contribution in [-0.4, -0.2) is 41.2 Å². The molecular formula is C13H12N2O5S2. The van der Waals surface area contributed by atoms with E-state index in [1.807, 2.05) is 0 Å². The van der Waals surface area contributed by atoms with Gasteiger partial charge in [-0.15, -0.1) is 0 Å². The number of nitrogens with zero attached hydrogens (tertiary/aromatic N) is 1. The van der Waals surface area contributed by atoms with Crippen LogP contribution in [0.5, 0.6) is 11.5 Å². The first-order valence-electron chi connectivity index (χ1n) is 6.28. The van der Waals surface area contributed by atoms with E-state index in [-0.39, 0.29) is 17.2 Å². The van der Waals surface area contributed by atoms with Crippen LogP contribution >= 0.6 is 24.0 Å². The number of rotatable bonds is 4. The summed E-state index contributed by atoms with van der Waals surface area (Å²) in [4.78, 5) is 23.9. The Morgan fingerprint density at radius 2 is 2.14 bits per heavy atom. The highest BCUT2D eigenvalue weighted by Crippen LogP contribution is 2.41. The summed E-state index contributed by atoms with van der Waals surface area (Å²) in [6.45, 7) is 0. The molecule has 7 nitrogen and oxygen atoms in total. The van der Waals surface area contributed by atoms with Crippen molar-refractivity contribution in [3.8, 4) is 11.5 Å². The summed E-state index contributed by atoms with van der Waals surface area (Å²) >= 11 is 6.34. The molecule has 0 aromatic heterocycles. The fourth-order valence-electron chi connectivity index (χ4n) is 2.29. The minimum absolute atomic E-state index is 0.181. The summed E-state index contributed by atoms with van der Waals surface area (Å²) in [5.74, 6) is 0.278. The van der Waals surface area contributed by atoms with E-state index < -0.39 is 12.2 Å². The zero-order valence-electron chi connectivity index (χ0n) is 11.7. The molecule has 1 amide bonds. The number of cyclic esters (lactones) is 1. The molecule has 0 bridgehead atoms. The molecule has 0 spiro atoms. The van der Waals surface area contributed by atoms with Crippen LogP contribution in [0.25, 0.3) is 0 Å². The molecule has 2 aliphatic rings. The molecule has 1 N–H and O–H groups in total. The van der Waals surface area contributed by atoms with E-state index in [2.05, 4.69) is 5.43 Å². The van der Waals surface area contributed by atoms with Crippen LogP contribution in [0.2, 0.25) is 0 Å². The topological polar surface area (TPSA) is 77.1 Å². The number of benzene rings is 1. The van der Waals surface area contributed by atoms with E-state index in [0.717, 1.165) is 0 Å². The maximum absolute atomic E-state index is 12.1. The third kappa shape index (κ3) is 2.31. The molecule has 0 radical (unpaired) electrons. The minimum Gasteiger partial charge on any atom is -0.493 e. The number of thiocarbonyl (C=S) groups is 1. The number of methoxy groups -OCH3 is 2. The lowest BCUT2D eigenvalue weighted by Gasteiger charge is -2.21. The van der Waals surface area contributed by atoms with Gasteiger partial charge in [0.1, 0.15) is 5.56 Å². The van der Waals surface area contributed by atoms with E-state index >= 15 is 0 Å². The molecule has 1 atom stereocenters. The number of amides is 1. The van der Waals surface area contributed by atoms with Gasteiger partial charge in [0.25, 0.3) is 5.91 Å². The van der Waals surface area contributed by atoms with Gasteiger partial charge in [0.15, 0.2) is 22.0 Å². The number of carbonyl (C=O) groups excluding carboxylic acids is 2. The van der Waals surface area contributed by atoms with Gasteiger partial charge in [0.2, 0.25) is 0 Å². The number of hydrogen-bond acceptors (Lipinski definition) is 8. The maximum Gasteiger partial charge on any atom is 0.344 e. The minimum atomic E-state index is -0.803. The van der Waals surface area contributed by atoms with Gasteiger partial charge < -0.3 is 14.2 Å². The van der Waals surface area contributed by atoms with Crippen LogP contribution < -0.4 is 14.9 Å². The zero-order chi connectivity index (χ0) is 15.9. The average Bonchev–Trinajstić information content (AvgIpc) is 3.01. The van der Waals surface area contributed by atoms with Crippen molar-refractivity contribution in [3.63, 3.8) is 0 Å². The summed E-state index contributed by atoms with van der Waals surface area (Å²) < 4.78 is 16.1. The van der Waals surface area contributed by atoms with Crippen molar-refractivity contribution in [1.29, 1.82) is 0 Å². The summed E-state index contributed by atoms with van der Waals surface area (Å²) in [5, 5.41) is 1.23. The molecule has 0 aliphatic carbocycles. The van der Waals surface area contributed by atoms with E-state index in [1.165, 1.54) is 31.0 Å². The molecule has 1 aromatic carbocycles. The smallest absolute Gasteiger partial charge is 0.344 e. The largest absolute Gasteiger partial charge is 0.493 e. The van der Waals surface area contributed by atoms with Crippen molar-refractivity contribution >= 4 is 40.2 Å². The summed E-state index contributed by atoms with van der Waals surface area (Å²) in [6, 6.07) is 3.36. The Bertz CT molecular complexity index is 663. The van der Waals surface area contributed by atoms with E-state index in [0.29, 0.717) is 21.4 Å². The Balaban J connectivity index is 1.95. The SMILES string of the molecule is COc1ccc2c(c1OC)C(=O)O[C@@H]2NN1C(=O)CSC1=S. The van der Waals surface area contributed by atoms with Gasteiger partial charge in [-0.2, -0.15) is 5.43 Å². The predicted octanol–water partition coefficient (Wildman–Crippen LogP) is 1.24. The monoisotopic (exact) mass is 340 g/mol. The van der Waals surface area contributed by atoms with Gasteiger partial charge >= 0.3 is 5.97 Å². The van der Waals surface area contributed by atoms with E-state index in [1.54, 1.807) is 12.1 Å². The highest BCUT2D eigenvalue weighted by Gasteiger charge is 2.39. The van der Waals surface area contributed by atoms with Gasteiger partial charge in [-0.05, 0) is 12.1 Å². The number of fused-ring (bicyclic) bond motifs is 1. The van der Waals surface area contributed by atoms with Crippen molar-refractivity contribution in [3.05, 3.63) is 23.3 Å². The van der Waals surface area contributed by atoms with Crippen molar-refractivity contribution in [1.82, 2.24) is 10.4 Å². The highest BCUT2D eigenvalue weighted by molar-refractivity contribution is 8.23. The molecule has 2 heterocycles. The molecule has 3 rings (SSSR count). The molecule has 9 heteroatoms. The lowest BCUT2D eigenvalue weighted by atomic mass is 10.1. The highest BCUT2D eigenvalue weighted by atomic mass is 32.2. The van der Waals surface area contributed by atoms with Crippen molar-refractivity contribution in [2.24, 2.45) is 0 Å².